The van der Waals surface area contributed by atoms with E-state index in [2.05, 4.69) is 10.3 Å². The fraction of sp³-hybridized carbons (Fsp3) is 0.214. The third-order valence-electron chi connectivity index (χ3n) is 2.72. The fourth-order valence-corrected chi connectivity index (χ4v) is 1.73. The molecule has 0 aliphatic carbocycles. The molecule has 0 fully saturated rings. The molecule has 18 heavy (non-hydrogen) atoms. The van der Waals surface area contributed by atoms with Gasteiger partial charge in [0.25, 0.3) is 0 Å². The predicted molar refractivity (Wildman–Crippen MR) is 69.2 cm³/mol. The minimum Gasteiger partial charge on any atom is -0.494 e. The number of nitrogens with one attached hydrogen (secondary N) is 1. The summed E-state index contributed by atoms with van der Waals surface area (Å²) >= 11 is 0. The maximum Gasteiger partial charge on any atom is 0.144 e. The van der Waals surface area contributed by atoms with Crippen LogP contribution in [0.5, 0.6) is 5.75 Å². The van der Waals surface area contributed by atoms with E-state index >= 15 is 0 Å². The van der Waals surface area contributed by atoms with E-state index < -0.39 is 0 Å². The van der Waals surface area contributed by atoms with Crippen LogP contribution in [-0.2, 0) is 0 Å². The summed E-state index contributed by atoms with van der Waals surface area (Å²) in [4.78, 5) is 4.07. The van der Waals surface area contributed by atoms with Crippen LogP contribution >= 0.6 is 0 Å². The highest BCUT2D eigenvalue weighted by molar-refractivity contribution is 5.57. The predicted octanol–water partition coefficient (Wildman–Crippen LogP) is 3.40. The lowest BCUT2D eigenvalue weighted by molar-refractivity contribution is 0.412. The van der Waals surface area contributed by atoms with Gasteiger partial charge in [-0.3, -0.25) is 4.98 Å². The minimum atomic E-state index is -0.313. The Hall–Kier alpha value is -2.10. The van der Waals surface area contributed by atoms with Crippen molar-refractivity contribution < 1.29 is 9.13 Å². The lowest BCUT2D eigenvalue weighted by Gasteiger charge is -2.17. The van der Waals surface area contributed by atoms with Gasteiger partial charge in [0.1, 0.15) is 11.6 Å². The molecule has 0 amide bonds. The van der Waals surface area contributed by atoms with Gasteiger partial charge in [-0.2, -0.15) is 0 Å². The first-order valence-corrected chi connectivity index (χ1v) is 5.70. The third kappa shape index (κ3) is 2.77. The van der Waals surface area contributed by atoms with Gasteiger partial charge in [0.15, 0.2) is 0 Å². The van der Waals surface area contributed by atoms with Crippen molar-refractivity contribution in [2.45, 2.75) is 13.0 Å². The summed E-state index contributed by atoms with van der Waals surface area (Å²) in [5.41, 5.74) is 1.82. The summed E-state index contributed by atoms with van der Waals surface area (Å²) in [7, 11) is 1.52. The molecule has 1 unspecified atom stereocenters. The van der Waals surface area contributed by atoms with Crippen molar-refractivity contribution in [3.05, 3.63) is 54.1 Å². The molecule has 2 rings (SSSR count). The average Bonchev–Trinajstić information content (AvgIpc) is 2.41. The maximum absolute atomic E-state index is 13.1. The molecule has 0 aliphatic heterocycles. The summed E-state index contributed by atoms with van der Waals surface area (Å²) in [5.74, 6) is 0.178. The molecule has 0 bridgehead atoms. The van der Waals surface area contributed by atoms with Crippen LogP contribution in [0.15, 0.2) is 42.7 Å². The largest absolute Gasteiger partial charge is 0.494 e. The smallest absolute Gasteiger partial charge is 0.144 e. The van der Waals surface area contributed by atoms with Gasteiger partial charge in [-0.05, 0) is 30.7 Å². The van der Waals surface area contributed by atoms with Gasteiger partial charge < -0.3 is 10.1 Å². The number of pyridine rings is 1. The lowest BCUT2D eigenvalue weighted by atomic mass is 10.1. The molecule has 1 atom stereocenters. The van der Waals surface area contributed by atoms with E-state index in [1.807, 2.05) is 19.1 Å². The number of anilines is 1. The molecule has 0 spiro atoms. The van der Waals surface area contributed by atoms with Gasteiger partial charge in [-0.15, -0.1) is 0 Å². The number of hydrogen-bond acceptors (Lipinski definition) is 3. The van der Waals surface area contributed by atoms with Crippen molar-refractivity contribution in [3.8, 4) is 5.75 Å². The Labute approximate surface area is 106 Å². The molecule has 4 heteroatoms. The second-order valence-electron chi connectivity index (χ2n) is 4.00. The zero-order chi connectivity index (χ0) is 13.0. The molecule has 0 radical (unpaired) electrons. The van der Waals surface area contributed by atoms with Gasteiger partial charge in [-0.25, -0.2) is 4.39 Å². The molecule has 94 valence electrons. The van der Waals surface area contributed by atoms with Gasteiger partial charge in [0.2, 0.25) is 0 Å². The van der Waals surface area contributed by atoms with E-state index in [0.717, 1.165) is 11.3 Å². The molecular weight excluding hydrogens is 231 g/mol. The van der Waals surface area contributed by atoms with Crippen molar-refractivity contribution in [2.24, 2.45) is 0 Å². The third-order valence-corrected chi connectivity index (χ3v) is 2.72. The summed E-state index contributed by atoms with van der Waals surface area (Å²) in [6.45, 7) is 2.01. The Kier molecular flexibility index (Phi) is 3.77. The first-order valence-electron chi connectivity index (χ1n) is 5.70. The number of nitrogens with zero attached hydrogens (tertiary/aromatic N) is 1. The number of aromatic nitrogens is 1. The first kappa shape index (κ1) is 12.4. The number of rotatable bonds is 4. The first-order chi connectivity index (χ1) is 8.70. The highest BCUT2D eigenvalue weighted by Crippen LogP contribution is 2.28. The van der Waals surface area contributed by atoms with Crippen LogP contribution in [0.1, 0.15) is 18.5 Å². The SMILES string of the molecule is COc1cc(F)ccc1NC(C)c1cccnc1. The van der Waals surface area contributed by atoms with Crippen molar-refractivity contribution in [2.75, 3.05) is 12.4 Å². The number of hydrogen-bond donors (Lipinski definition) is 1. The molecule has 1 heterocycles. The molecular formula is C14H15FN2O. The average molecular weight is 246 g/mol. The van der Waals surface area contributed by atoms with E-state index in [4.69, 9.17) is 4.74 Å². The van der Waals surface area contributed by atoms with Gasteiger partial charge in [0.05, 0.1) is 18.8 Å². The molecule has 1 aromatic carbocycles. The Morgan fingerprint density at radius 3 is 2.83 bits per heavy atom. The zero-order valence-corrected chi connectivity index (χ0v) is 10.4. The second kappa shape index (κ2) is 5.49. The zero-order valence-electron chi connectivity index (χ0n) is 10.4. The van der Waals surface area contributed by atoms with E-state index in [1.54, 1.807) is 18.5 Å². The van der Waals surface area contributed by atoms with Crippen LogP contribution in [0, 0.1) is 5.82 Å². The van der Waals surface area contributed by atoms with Crippen molar-refractivity contribution in [1.82, 2.24) is 4.98 Å². The Morgan fingerprint density at radius 1 is 1.33 bits per heavy atom. The van der Waals surface area contributed by atoms with Crippen molar-refractivity contribution in [3.63, 3.8) is 0 Å². The number of halogens is 1. The molecule has 3 nitrogen and oxygen atoms in total. The second-order valence-corrected chi connectivity index (χ2v) is 4.00. The number of ether oxygens (including phenoxy) is 1. The van der Waals surface area contributed by atoms with E-state index in [0.29, 0.717) is 5.75 Å². The molecule has 0 saturated heterocycles. The van der Waals surface area contributed by atoms with Crippen molar-refractivity contribution >= 4 is 5.69 Å². The van der Waals surface area contributed by atoms with Crippen LogP contribution in [-0.4, -0.2) is 12.1 Å². The van der Waals surface area contributed by atoms with Crippen LogP contribution in [0.2, 0.25) is 0 Å². The summed E-state index contributed by atoms with van der Waals surface area (Å²) in [6.07, 6.45) is 3.53. The number of methoxy groups -OCH3 is 1. The van der Waals surface area contributed by atoms with Crippen molar-refractivity contribution in [1.29, 1.82) is 0 Å². The van der Waals surface area contributed by atoms with E-state index in [1.165, 1.54) is 19.2 Å². The van der Waals surface area contributed by atoms with Gasteiger partial charge in [0, 0.05) is 18.5 Å². The molecule has 0 saturated carbocycles. The highest BCUT2D eigenvalue weighted by Gasteiger charge is 2.09. The normalized spacial score (nSPS) is 11.9. The maximum atomic E-state index is 13.1. The van der Waals surface area contributed by atoms with Crippen LogP contribution in [0.3, 0.4) is 0 Å². The van der Waals surface area contributed by atoms with Crippen LogP contribution in [0.4, 0.5) is 10.1 Å². The Balaban J connectivity index is 2.19. The standard InChI is InChI=1S/C14H15FN2O/c1-10(11-4-3-7-16-9-11)17-13-6-5-12(15)8-14(13)18-2/h3-10,17H,1-2H3. The molecule has 1 N–H and O–H groups in total. The summed E-state index contributed by atoms with van der Waals surface area (Å²) in [5, 5.41) is 3.27. The van der Waals surface area contributed by atoms with Crippen LogP contribution in [0.25, 0.3) is 0 Å². The summed E-state index contributed by atoms with van der Waals surface area (Å²) < 4.78 is 18.2. The molecule has 2 aromatic rings. The Morgan fingerprint density at radius 2 is 2.17 bits per heavy atom. The van der Waals surface area contributed by atoms with E-state index in [-0.39, 0.29) is 11.9 Å². The molecule has 1 aromatic heterocycles. The highest BCUT2D eigenvalue weighted by atomic mass is 19.1. The Bertz CT molecular complexity index is 516. The fourth-order valence-electron chi connectivity index (χ4n) is 1.73. The number of benzene rings is 1. The quantitative estimate of drug-likeness (QED) is 0.897. The van der Waals surface area contributed by atoms with E-state index in [9.17, 15) is 4.39 Å². The van der Waals surface area contributed by atoms with Crippen LogP contribution < -0.4 is 10.1 Å². The molecule has 0 aliphatic rings. The summed E-state index contributed by atoms with van der Waals surface area (Å²) in [6, 6.07) is 8.37. The topological polar surface area (TPSA) is 34.1 Å². The van der Waals surface area contributed by atoms with Gasteiger partial charge in [-0.1, -0.05) is 6.07 Å². The lowest BCUT2D eigenvalue weighted by Crippen LogP contribution is -2.08. The monoisotopic (exact) mass is 246 g/mol. The minimum absolute atomic E-state index is 0.0676. The van der Waals surface area contributed by atoms with Gasteiger partial charge >= 0.3 is 0 Å².